The summed E-state index contributed by atoms with van der Waals surface area (Å²) in [5, 5.41) is 9.12. The Kier molecular flexibility index (Phi) is 6.26. The number of nitrogens with zero attached hydrogens (tertiary/aromatic N) is 3. The van der Waals surface area contributed by atoms with E-state index in [1.54, 1.807) is 9.80 Å². The van der Waals surface area contributed by atoms with E-state index in [0.717, 1.165) is 19.5 Å². The van der Waals surface area contributed by atoms with Gasteiger partial charge in [-0.15, -0.1) is 0 Å². The predicted octanol–water partition coefficient (Wildman–Crippen LogP) is 1.03. The fraction of sp³-hybridized carbons (Fsp3) is 0.857. The smallest absolute Gasteiger partial charge is 0.320 e. The van der Waals surface area contributed by atoms with Crippen LogP contribution >= 0.6 is 0 Å². The van der Waals surface area contributed by atoms with Crippen molar-refractivity contribution in [3.63, 3.8) is 0 Å². The number of carbonyl (C=O) groups is 2. The molecule has 1 heterocycles. The van der Waals surface area contributed by atoms with Gasteiger partial charge in [-0.2, -0.15) is 0 Å². The highest BCUT2D eigenvalue weighted by atomic mass is 16.4. The Bertz CT molecular complexity index is 347. The van der Waals surface area contributed by atoms with Gasteiger partial charge in [0.1, 0.15) is 0 Å². The number of hydrogen-bond donors (Lipinski definition) is 1. The van der Waals surface area contributed by atoms with Gasteiger partial charge in [-0.25, -0.2) is 4.79 Å². The summed E-state index contributed by atoms with van der Waals surface area (Å²) in [6.07, 6.45) is 0.929. The Morgan fingerprint density at radius 1 is 1.25 bits per heavy atom. The second-order valence-electron chi connectivity index (χ2n) is 5.85. The average Bonchev–Trinajstić information content (AvgIpc) is 2.76. The third-order valence-electron chi connectivity index (χ3n) is 3.89. The van der Waals surface area contributed by atoms with E-state index in [1.807, 2.05) is 27.9 Å². The maximum Gasteiger partial charge on any atom is 0.320 e. The van der Waals surface area contributed by atoms with Gasteiger partial charge in [0.05, 0.1) is 5.92 Å². The molecule has 20 heavy (non-hydrogen) atoms. The van der Waals surface area contributed by atoms with Gasteiger partial charge < -0.3 is 19.8 Å². The van der Waals surface area contributed by atoms with Crippen molar-refractivity contribution >= 4 is 12.0 Å². The summed E-state index contributed by atoms with van der Waals surface area (Å²) in [4.78, 5) is 29.1. The summed E-state index contributed by atoms with van der Waals surface area (Å²) in [5.41, 5.74) is 0. The number of rotatable bonds is 6. The molecule has 2 atom stereocenters. The zero-order valence-corrected chi connectivity index (χ0v) is 13.0. The highest BCUT2D eigenvalue weighted by Gasteiger charge is 2.38. The number of aliphatic carboxylic acids is 1. The van der Waals surface area contributed by atoms with Crippen molar-refractivity contribution in [3.05, 3.63) is 0 Å². The minimum atomic E-state index is -0.802. The number of hydrogen-bond acceptors (Lipinski definition) is 3. The molecule has 0 spiro atoms. The van der Waals surface area contributed by atoms with Crippen molar-refractivity contribution in [2.75, 3.05) is 46.8 Å². The van der Waals surface area contributed by atoms with Crippen LogP contribution < -0.4 is 0 Å². The summed E-state index contributed by atoms with van der Waals surface area (Å²) >= 11 is 0. The highest BCUT2D eigenvalue weighted by molar-refractivity contribution is 5.77. The Hall–Kier alpha value is -1.30. The van der Waals surface area contributed by atoms with E-state index in [-0.39, 0.29) is 11.9 Å². The number of urea groups is 1. The molecule has 1 rings (SSSR count). The molecule has 1 fully saturated rings. The molecule has 0 aromatic heterocycles. The van der Waals surface area contributed by atoms with Crippen LogP contribution in [-0.2, 0) is 4.79 Å². The lowest BCUT2D eigenvalue weighted by Crippen LogP contribution is -2.43. The third kappa shape index (κ3) is 4.37. The average molecular weight is 285 g/mol. The third-order valence-corrected chi connectivity index (χ3v) is 3.89. The minimum absolute atomic E-state index is 0.0249. The molecule has 0 radical (unpaired) electrons. The van der Waals surface area contributed by atoms with Crippen molar-refractivity contribution in [1.29, 1.82) is 0 Å². The van der Waals surface area contributed by atoms with E-state index >= 15 is 0 Å². The monoisotopic (exact) mass is 285 g/mol. The van der Waals surface area contributed by atoms with E-state index in [0.29, 0.717) is 19.6 Å². The molecule has 0 bridgehead atoms. The van der Waals surface area contributed by atoms with Crippen LogP contribution in [0.25, 0.3) is 0 Å². The van der Waals surface area contributed by atoms with Gasteiger partial charge in [-0.05, 0) is 39.9 Å². The molecule has 0 aromatic carbocycles. The quantitative estimate of drug-likeness (QED) is 0.792. The zero-order chi connectivity index (χ0) is 15.3. The molecular formula is C14H27N3O3. The van der Waals surface area contributed by atoms with Crippen LogP contribution in [0.1, 0.15) is 20.3 Å². The molecule has 116 valence electrons. The SMILES string of the molecule is CCN(CCCN(C)C)C(=O)N1C[C@@H](C)[C@H](C(=O)O)C1. The lowest BCUT2D eigenvalue weighted by Gasteiger charge is -2.27. The van der Waals surface area contributed by atoms with E-state index < -0.39 is 11.9 Å². The van der Waals surface area contributed by atoms with Crippen LogP contribution in [0.5, 0.6) is 0 Å². The first-order valence-electron chi connectivity index (χ1n) is 7.28. The minimum Gasteiger partial charge on any atom is -0.481 e. The lowest BCUT2D eigenvalue weighted by atomic mass is 9.99. The maximum absolute atomic E-state index is 12.4. The largest absolute Gasteiger partial charge is 0.481 e. The molecule has 0 aromatic rings. The Morgan fingerprint density at radius 3 is 2.35 bits per heavy atom. The molecule has 0 unspecified atom stereocenters. The zero-order valence-electron chi connectivity index (χ0n) is 13.0. The maximum atomic E-state index is 12.4. The molecule has 2 amide bonds. The normalized spacial score (nSPS) is 22.4. The van der Waals surface area contributed by atoms with E-state index in [4.69, 9.17) is 5.11 Å². The second-order valence-corrected chi connectivity index (χ2v) is 5.85. The van der Waals surface area contributed by atoms with Crippen molar-refractivity contribution in [2.45, 2.75) is 20.3 Å². The second kappa shape index (κ2) is 7.47. The van der Waals surface area contributed by atoms with Crippen LogP contribution in [0, 0.1) is 11.8 Å². The predicted molar refractivity (Wildman–Crippen MR) is 77.7 cm³/mol. The molecule has 1 saturated heterocycles. The highest BCUT2D eigenvalue weighted by Crippen LogP contribution is 2.24. The first-order valence-corrected chi connectivity index (χ1v) is 7.28. The van der Waals surface area contributed by atoms with E-state index in [9.17, 15) is 9.59 Å². The number of amides is 2. The van der Waals surface area contributed by atoms with Gasteiger partial charge >= 0.3 is 12.0 Å². The summed E-state index contributed by atoms with van der Waals surface area (Å²) in [5.74, 6) is -1.21. The molecular weight excluding hydrogens is 258 g/mol. The van der Waals surface area contributed by atoms with E-state index in [2.05, 4.69) is 4.90 Å². The Morgan fingerprint density at radius 2 is 1.90 bits per heavy atom. The number of carbonyl (C=O) groups excluding carboxylic acids is 1. The standard InChI is InChI=1S/C14H27N3O3/c1-5-16(8-6-7-15(3)4)14(20)17-9-11(2)12(10-17)13(18)19/h11-12H,5-10H2,1-4H3,(H,18,19)/t11-,12-/m1/s1. The summed E-state index contributed by atoms with van der Waals surface area (Å²) in [6.45, 7) is 7.05. The van der Waals surface area contributed by atoms with Crippen molar-refractivity contribution < 1.29 is 14.7 Å². The number of likely N-dealkylation sites (tertiary alicyclic amines) is 1. The summed E-state index contributed by atoms with van der Waals surface area (Å²) in [6, 6.07) is -0.0261. The molecule has 0 saturated carbocycles. The van der Waals surface area contributed by atoms with Gasteiger partial charge in [0.25, 0.3) is 0 Å². The lowest BCUT2D eigenvalue weighted by molar-refractivity contribution is -0.142. The van der Waals surface area contributed by atoms with Crippen molar-refractivity contribution in [1.82, 2.24) is 14.7 Å². The van der Waals surface area contributed by atoms with Crippen LogP contribution in [0.2, 0.25) is 0 Å². The van der Waals surface area contributed by atoms with Gasteiger partial charge in [0.15, 0.2) is 0 Å². The van der Waals surface area contributed by atoms with Gasteiger partial charge in [-0.1, -0.05) is 6.92 Å². The summed E-state index contributed by atoms with van der Waals surface area (Å²) in [7, 11) is 4.02. The van der Waals surface area contributed by atoms with Crippen molar-refractivity contribution in [2.24, 2.45) is 11.8 Å². The van der Waals surface area contributed by atoms with Crippen LogP contribution in [0.4, 0.5) is 4.79 Å². The summed E-state index contributed by atoms with van der Waals surface area (Å²) < 4.78 is 0. The van der Waals surface area contributed by atoms with Crippen LogP contribution in [0.3, 0.4) is 0 Å². The fourth-order valence-electron chi connectivity index (χ4n) is 2.61. The number of carboxylic acids is 1. The molecule has 0 aliphatic carbocycles. The topological polar surface area (TPSA) is 64.1 Å². The molecule has 6 nitrogen and oxygen atoms in total. The van der Waals surface area contributed by atoms with Gasteiger partial charge in [0.2, 0.25) is 0 Å². The fourth-order valence-corrected chi connectivity index (χ4v) is 2.61. The Balaban J connectivity index is 2.52. The van der Waals surface area contributed by atoms with Gasteiger partial charge in [0, 0.05) is 26.2 Å². The van der Waals surface area contributed by atoms with E-state index in [1.165, 1.54) is 0 Å². The van der Waals surface area contributed by atoms with Crippen LogP contribution in [-0.4, -0.2) is 78.6 Å². The van der Waals surface area contributed by atoms with Crippen molar-refractivity contribution in [3.8, 4) is 0 Å². The molecule has 1 aliphatic rings. The first-order chi connectivity index (χ1) is 9.36. The number of carboxylic acid groups (broad SMARTS) is 1. The first kappa shape index (κ1) is 16.8. The molecule has 1 N–H and O–H groups in total. The van der Waals surface area contributed by atoms with Crippen LogP contribution in [0.15, 0.2) is 0 Å². The Labute approximate surface area is 121 Å². The van der Waals surface area contributed by atoms with Gasteiger partial charge in [-0.3, -0.25) is 4.79 Å². The molecule has 1 aliphatic heterocycles. The molecule has 6 heteroatoms.